The molecule has 0 N–H and O–H groups in total. The molecule has 0 nitrogen and oxygen atoms in total. The van der Waals surface area contributed by atoms with Crippen LogP contribution in [0, 0.1) is 17.8 Å². The second kappa shape index (κ2) is 9.00. The van der Waals surface area contributed by atoms with E-state index >= 15 is 0 Å². The van der Waals surface area contributed by atoms with E-state index in [2.05, 4.69) is 25.2 Å². The molecule has 0 saturated heterocycles. The van der Waals surface area contributed by atoms with Gasteiger partial charge in [-0.05, 0) is 37.5 Å². The van der Waals surface area contributed by atoms with Crippen molar-refractivity contribution >= 4 is 34.8 Å². The Bertz CT molecular complexity index is 392. The fourth-order valence-electron chi connectivity index (χ4n) is 4.12. The van der Waals surface area contributed by atoms with Crippen molar-refractivity contribution in [1.29, 1.82) is 0 Å². The van der Waals surface area contributed by atoms with E-state index in [1.54, 1.807) is 5.57 Å². The van der Waals surface area contributed by atoms with E-state index in [9.17, 15) is 0 Å². The molecule has 2 rings (SSSR count). The SMILES string of the molecule is CCCCCCCCC(C1CCC2CC=CC=C21)C(Cl)(Cl)Cl. The van der Waals surface area contributed by atoms with Crippen molar-refractivity contribution in [2.45, 2.75) is 74.9 Å². The van der Waals surface area contributed by atoms with Crippen molar-refractivity contribution in [3.8, 4) is 0 Å². The third-order valence-electron chi connectivity index (χ3n) is 5.35. The molecule has 3 unspecified atom stereocenters. The highest BCUT2D eigenvalue weighted by Crippen LogP contribution is 2.52. The Morgan fingerprint density at radius 2 is 1.82 bits per heavy atom. The van der Waals surface area contributed by atoms with Gasteiger partial charge in [0, 0.05) is 5.92 Å². The number of alkyl halides is 3. The normalized spacial score (nSPS) is 25.9. The third kappa shape index (κ3) is 5.18. The van der Waals surface area contributed by atoms with Crippen LogP contribution in [0.1, 0.15) is 71.1 Å². The van der Waals surface area contributed by atoms with E-state index in [4.69, 9.17) is 34.8 Å². The smallest absolute Gasteiger partial charge is 0.0839 e. The molecule has 22 heavy (non-hydrogen) atoms. The lowest BCUT2D eigenvalue weighted by Gasteiger charge is -2.32. The van der Waals surface area contributed by atoms with Gasteiger partial charge in [0.25, 0.3) is 0 Å². The minimum atomic E-state index is -1.13. The molecule has 0 aromatic rings. The number of hydrogen-bond donors (Lipinski definition) is 0. The van der Waals surface area contributed by atoms with Crippen molar-refractivity contribution < 1.29 is 0 Å². The van der Waals surface area contributed by atoms with E-state index in [0.29, 0.717) is 11.8 Å². The molecule has 3 atom stereocenters. The first-order valence-corrected chi connectivity index (χ1v) is 10.1. The van der Waals surface area contributed by atoms with Crippen LogP contribution in [0.2, 0.25) is 0 Å². The molecule has 0 amide bonds. The Kier molecular flexibility index (Phi) is 7.64. The summed E-state index contributed by atoms with van der Waals surface area (Å²) in [6, 6.07) is 0. The molecular weight excluding hydrogens is 335 g/mol. The molecule has 0 aliphatic heterocycles. The second-order valence-electron chi connectivity index (χ2n) is 6.92. The van der Waals surface area contributed by atoms with Gasteiger partial charge in [-0.25, -0.2) is 0 Å². The van der Waals surface area contributed by atoms with Gasteiger partial charge in [0.1, 0.15) is 0 Å². The molecule has 126 valence electrons. The first-order chi connectivity index (χ1) is 10.5. The van der Waals surface area contributed by atoms with Gasteiger partial charge in [-0.1, -0.05) is 104 Å². The van der Waals surface area contributed by atoms with E-state index in [1.165, 1.54) is 57.8 Å². The number of unbranched alkanes of at least 4 members (excludes halogenated alkanes) is 5. The highest BCUT2D eigenvalue weighted by atomic mass is 35.6. The molecule has 0 aromatic carbocycles. The number of rotatable bonds is 8. The predicted octanol–water partition coefficient (Wildman–Crippen LogP) is 7.64. The van der Waals surface area contributed by atoms with Crippen LogP contribution in [0.5, 0.6) is 0 Å². The average Bonchev–Trinajstić information content (AvgIpc) is 2.89. The Hall–Kier alpha value is 0.350. The molecule has 0 heterocycles. The summed E-state index contributed by atoms with van der Waals surface area (Å²) in [5.41, 5.74) is 1.55. The summed E-state index contributed by atoms with van der Waals surface area (Å²) in [4.78, 5) is 0. The molecule has 0 spiro atoms. The summed E-state index contributed by atoms with van der Waals surface area (Å²) < 4.78 is -1.13. The van der Waals surface area contributed by atoms with Crippen molar-refractivity contribution in [3.05, 3.63) is 23.8 Å². The first-order valence-electron chi connectivity index (χ1n) is 8.97. The molecule has 2 aliphatic carbocycles. The summed E-state index contributed by atoms with van der Waals surface area (Å²) in [5, 5.41) is 0. The molecule has 0 aromatic heterocycles. The quantitative estimate of drug-likeness (QED) is 0.307. The molecular formula is C19H29Cl3. The van der Waals surface area contributed by atoms with Gasteiger partial charge in [0.15, 0.2) is 3.79 Å². The number of hydrogen-bond acceptors (Lipinski definition) is 0. The van der Waals surface area contributed by atoms with Gasteiger partial charge < -0.3 is 0 Å². The van der Waals surface area contributed by atoms with Crippen LogP contribution in [-0.2, 0) is 0 Å². The van der Waals surface area contributed by atoms with E-state index in [1.807, 2.05) is 0 Å². The molecule has 1 saturated carbocycles. The lowest BCUT2D eigenvalue weighted by molar-refractivity contribution is 0.348. The highest BCUT2D eigenvalue weighted by Gasteiger charge is 2.43. The van der Waals surface area contributed by atoms with Crippen LogP contribution in [0.25, 0.3) is 0 Å². The zero-order valence-corrected chi connectivity index (χ0v) is 15.9. The number of fused-ring (bicyclic) bond motifs is 1. The van der Waals surface area contributed by atoms with E-state index < -0.39 is 3.79 Å². The van der Waals surface area contributed by atoms with Gasteiger partial charge in [0.05, 0.1) is 0 Å². The number of allylic oxidation sites excluding steroid dienone is 4. The molecule has 3 heteroatoms. The van der Waals surface area contributed by atoms with Gasteiger partial charge in [0.2, 0.25) is 0 Å². The van der Waals surface area contributed by atoms with Crippen molar-refractivity contribution in [3.63, 3.8) is 0 Å². The Labute approximate surface area is 151 Å². The standard InChI is InChI=1S/C19H29Cl3/c1-2-3-4-5-6-7-12-18(19(20,21)22)17-14-13-15-10-8-9-11-16(15)17/h8-9,11,15,17-18H,2-7,10,12-14H2,1H3. The minimum Gasteiger partial charge on any atom is -0.0839 e. The largest absolute Gasteiger partial charge is 0.193 e. The van der Waals surface area contributed by atoms with Crippen molar-refractivity contribution in [1.82, 2.24) is 0 Å². The summed E-state index contributed by atoms with van der Waals surface area (Å²) in [5.74, 6) is 1.35. The van der Waals surface area contributed by atoms with Crippen LogP contribution in [0.3, 0.4) is 0 Å². The number of halogens is 3. The zero-order valence-electron chi connectivity index (χ0n) is 13.7. The molecule has 0 bridgehead atoms. The third-order valence-corrected chi connectivity index (χ3v) is 6.19. The Morgan fingerprint density at radius 1 is 1.09 bits per heavy atom. The van der Waals surface area contributed by atoms with Gasteiger partial charge in [-0.3, -0.25) is 0 Å². The fraction of sp³-hybridized carbons (Fsp3) is 0.789. The Morgan fingerprint density at radius 3 is 2.55 bits per heavy atom. The summed E-state index contributed by atoms with van der Waals surface area (Å²) in [7, 11) is 0. The topological polar surface area (TPSA) is 0 Å². The molecule has 0 radical (unpaired) electrons. The summed E-state index contributed by atoms with van der Waals surface area (Å²) in [6.07, 6.45) is 19.2. The first kappa shape index (κ1) is 18.7. The molecule has 2 aliphatic rings. The van der Waals surface area contributed by atoms with Gasteiger partial charge in [-0.2, -0.15) is 0 Å². The van der Waals surface area contributed by atoms with Crippen LogP contribution in [0.15, 0.2) is 23.8 Å². The minimum absolute atomic E-state index is 0.173. The van der Waals surface area contributed by atoms with Crippen molar-refractivity contribution in [2.24, 2.45) is 17.8 Å². The van der Waals surface area contributed by atoms with Crippen molar-refractivity contribution in [2.75, 3.05) is 0 Å². The average molecular weight is 364 g/mol. The highest BCUT2D eigenvalue weighted by molar-refractivity contribution is 6.67. The second-order valence-corrected chi connectivity index (χ2v) is 9.28. The summed E-state index contributed by atoms with van der Waals surface area (Å²) >= 11 is 19.1. The fourth-order valence-corrected chi connectivity index (χ4v) is 4.91. The Balaban J connectivity index is 1.90. The van der Waals surface area contributed by atoms with Gasteiger partial charge in [-0.15, -0.1) is 0 Å². The van der Waals surface area contributed by atoms with Crippen LogP contribution in [0.4, 0.5) is 0 Å². The maximum Gasteiger partial charge on any atom is 0.193 e. The lowest BCUT2D eigenvalue weighted by Crippen LogP contribution is -2.28. The van der Waals surface area contributed by atoms with E-state index in [0.717, 1.165) is 6.42 Å². The maximum atomic E-state index is 6.36. The van der Waals surface area contributed by atoms with Crippen LogP contribution >= 0.6 is 34.8 Å². The lowest BCUT2D eigenvalue weighted by atomic mass is 9.81. The van der Waals surface area contributed by atoms with Crippen LogP contribution < -0.4 is 0 Å². The maximum absolute atomic E-state index is 6.36. The molecule has 1 fully saturated rings. The summed E-state index contributed by atoms with van der Waals surface area (Å²) in [6.45, 7) is 2.25. The van der Waals surface area contributed by atoms with Gasteiger partial charge >= 0.3 is 0 Å². The predicted molar refractivity (Wildman–Crippen MR) is 99.8 cm³/mol. The van der Waals surface area contributed by atoms with E-state index in [-0.39, 0.29) is 5.92 Å². The monoisotopic (exact) mass is 362 g/mol. The zero-order chi connectivity index (χ0) is 16.0. The van der Waals surface area contributed by atoms with Crippen LogP contribution in [-0.4, -0.2) is 3.79 Å².